The summed E-state index contributed by atoms with van der Waals surface area (Å²) in [5.74, 6) is -3.08. The van der Waals surface area contributed by atoms with Gasteiger partial charge in [-0.2, -0.15) is 13.2 Å². The lowest BCUT2D eigenvalue weighted by atomic mass is 9.84. The van der Waals surface area contributed by atoms with E-state index < -0.39 is 36.0 Å². The first kappa shape index (κ1) is 15.7. The predicted molar refractivity (Wildman–Crippen MR) is 61.7 cm³/mol. The second kappa shape index (κ2) is 6.23. The zero-order valence-corrected chi connectivity index (χ0v) is 10.4. The number of nitrogens with two attached hydrogens (primary N) is 2. The van der Waals surface area contributed by atoms with Crippen molar-refractivity contribution < 1.29 is 22.8 Å². The van der Waals surface area contributed by atoms with E-state index in [9.17, 15) is 22.8 Å². The van der Waals surface area contributed by atoms with Crippen LogP contribution in [-0.4, -0.2) is 30.1 Å². The molecule has 0 aromatic heterocycles. The highest BCUT2D eigenvalue weighted by molar-refractivity contribution is 5.87. The van der Waals surface area contributed by atoms with Crippen LogP contribution >= 0.6 is 0 Å². The zero-order valence-electron chi connectivity index (χ0n) is 10.4. The number of amides is 2. The minimum absolute atomic E-state index is 0.000492. The van der Waals surface area contributed by atoms with E-state index in [1.54, 1.807) is 0 Å². The summed E-state index contributed by atoms with van der Waals surface area (Å²) in [6.45, 7) is 0. The lowest BCUT2D eigenvalue weighted by Gasteiger charge is -2.34. The molecule has 3 atom stereocenters. The highest BCUT2D eigenvalue weighted by Gasteiger charge is 2.46. The van der Waals surface area contributed by atoms with Gasteiger partial charge in [0.1, 0.15) is 0 Å². The summed E-state index contributed by atoms with van der Waals surface area (Å²) in [5, 5.41) is 2.29. The largest absolute Gasteiger partial charge is 0.393 e. The van der Waals surface area contributed by atoms with Gasteiger partial charge >= 0.3 is 6.18 Å². The number of hydrogen-bond donors (Lipinski definition) is 3. The third-order valence-electron chi connectivity index (χ3n) is 3.27. The summed E-state index contributed by atoms with van der Waals surface area (Å²) in [6, 6.07) is -2.17. The highest BCUT2D eigenvalue weighted by atomic mass is 19.4. The van der Waals surface area contributed by atoms with Crippen molar-refractivity contribution in [3.63, 3.8) is 0 Å². The summed E-state index contributed by atoms with van der Waals surface area (Å²) >= 11 is 0. The first-order chi connectivity index (χ1) is 8.71. The van der Waals surface area contributed by atoms with E-state index in [1.165, 1.54) is 0 Å². The van der Waals surface area contributed by atoms with Crippen LogP contribution in [-0.2, 0) is 9.59 Å². The first-order valence-electron chi connectivity index (χ1n) is 6.12. The molecule has 19 heavy (non-hydrogen) atoms. The van der Waals surface area contributed by atoms with E-state index >= 15 is 0 Å². The quantitative estimate of drug-likeness (QED) is 0.696. The molecule has 1 rings (SSSR count). The van der Waals surface area contributed by atoms with Gasteiger partial charge in [0.2, 0.25) is 11.8 Å². The molecule has 0 aliphatic heterocycles. The molecule has 0 heterocycles. The molecule has 1 fully saturated rings. The fraction of sp³-hybridized carbons (Fsp3) is 0.818. The van der Waals surface area contributed by atoms with Gasteiger partial charge in [-0.15, -0.1) is 0 Å². The monoisotopic (exact) mass is 281 g/mol. The van der Waals surface area contributed by atoms with Crippen LogP contribution in [0.5, 0.6) is 0 Å². The normalized spacial score (nSPS) is 25.7. The predicted octanol–water partition coefficient (Wildman–Crippen LogP) is 0.426. The molecule has 0 spiro atoms. The molecule has 8 heteroatoms. The molecule has 0 saturated heterocycles. The van der Waals surface area contributed by atoms with Gasteiger partial charge in [-0.05, 0) is 12.8 Å². The maximum atomic E-state index is 12.8. The first-order valence-corrected chi connectivity index (χ1v) is 6.12. The van der Waals surface area contributed by atoms with Crippen molar-refractivity contribution in [2.45, 2.75) is 50.4 Å². The van der Waals surface area contributed by atoms with Gasteiger partial charge in [0.05, 0.1) is 18.4 Å². The Labute approximate surface area is 108 Å². The molecule has 0 aromatic rings. The number of primary amides is 1. The average molecular weight is 281 g/mol. The molecular weight excluding hydrogens is 263 g/mol. The Hall–Kier alpha value is -1.31. The molecule has 3 unspecified atom stereocenters. The van der Waals surface area contributed by atoms with Crippen molar-refractivity contribution in [1.29, 1.82) is 0 Å². The second-order valence-electron chi connectivity index (χ2n) is 4.82. The molecular formula is C11H18F3N3O2. The van der Waals surface area contributed by atoms with Crippen molar-refractivity contribution in [1.82, 2.24) is 5.32 Å². The third-order valence-corrected chi connectivity index (χ3v) is 3.27. The minimum Gasteiger partial charge on any atom is -0.370 e. The number of carbonyl (C=O) groups excluding carboxylic acids is 2. The van der Waals surface area contributed by atoms with Crippen LogP contribution in [0.4, 0.5) is 13.2 Å². The van der Waals surface area contributed by atoms with Crippen LogP contribution in [0.3, 0.4) is 0 Å². The number of halogens is 3. The van der Waals surface area contributed by atoms with Crippen molar-refractivity contribution in [2.75, 3.05) is 0 Å². The van der Waals surface area contributed by atoms with Crippen molar-refractivity contribution >= 4 is 11.8 Å². The van der Waals surface area contributed by atoms with Gasteiger partial charge in [-0.25, -0.2) is 0 Å². The SMILES string of the molecule is NC(=O)CC(N)C(=O)NC1CCCCC1C(F)(F)F. The number of carbonyl (C=O) groups is 2. The minimum atomic E-state index is -4.34. The lowest BCUT2D eigenvalue weighted by molar-refractivity contribution is -0.189. The maximum Gasteiger partial charge on any atom is 0.393 e. The van der Waals surface area contributed by atoms with Gasteiger partial charge in [-0.1, -0.05) is 12.8 Å². The highest BCUT2D eigenvalue weighted by Crippen LogP contribution is 2.37. The molecule has 0 bridgehead atoms. The van der Waals surface area contributed by atoms with Gasteiger partial charge in [0, 0.05) is 6.04 Å². The Morgan fingerprint density at radius 2 is 1.84 bits per heavy atom. The number of rotatable bonds is 4. The van der Waals surface area contributed by atoms with E-state index in [4.69, 9.17) is 11.5 Å². The summed E-state index contributed by atoms with van der Waals surface area (Å²) in [7, 11) is 0. The standard InChI is InChI=1S/C11H18F3N3O2/c12-11(13,14)6-3-1-2-4-8(6)17-10(19)7(15)5-9(16)18/h6-8H,1-5,15H2,(H2,16,18)(H,17,19). The topological polar surface area (TPSA) is 98.2 Å². The summed E-state index contributed by atoms with van der Waals surface area (Å²) in [6.07, 6.45) is -3.34. The van der Waals surface area contributed by atoms with Crippen molar-refractivity contribution in [2.24, 2.45) is 17.4 Å². The third kappa shape index (κ3) is 4.70. The molecule has 1 aliphatic carbocycles. The number of nitrogens with one attached hydrogen (secondary N) is 1. The molecule has 110 valence electrons. The van der Waals surface area contributed by atoms with Crippen molar-refractivity contribution in [3.05, 3.63) is 0 Å². The van der Waals surface area contributed by atoms with Gasteiger partial charge in [0.15, 0.2) is 0 Å². The van der Waals surface area contributed by atoms with Gasteiger partial charge in [0.25, 0.3) is 0 Å². The van der Waals surface area contributed by atoms with Crippen LogP contribution in [0.2, 0.25) is 0 Å². The molecule has 0 aromatic carbocycles. The summed E-state index contributed by atoms with van der Waals surface area (Å²) < 4.78 is 38.4. The Morgan fingerprint density at radius 3 is 2.37 bits per heavy atom. The molecule has 2 amide bonds. The van der Waals surface area contributed by atoms with Crippen molar-refractivity contribution in [3.8, 4) is 0 Å². The van der Waals surface area contributed by atoms with E-state index in [2.05, 4.69) is 5.32 Å². The van der Waals surface area contributed by atoms with Crippen LogP contribution in [0.15, 0.2) is 0 Å². The van der Waals surface area contributed by atoms with Crippen LogP contribution in [0, 0.1) is 5.92 Å². The van der Waals surface area contributed by atoms with Crippen LogP contribution < -0.4 is 16.8 Å². The molecule has 1 aliphatic rings. The average Bonchev–Trinajstić information content (AvgIpc) is 2.27. The van der Waals surface area contributed by atoms with E-state index in [0.29, 0.717) is 12.8 Å². The number of hydrogen-bond acceptors (Lipinski definition) is 3. The fourth-order valence-electron chi connectivity index (χ4n) is 2.29. The molecule has 5 N–H and O–H groups in total. The Kier molecular flexibility index (Phi) is 5.16. The van der Waals surface area contributed by atoms with Crippen LogP contribution in [0.25, 0.3) is 0 Å². The fourth-order valence-corrected chi connectivity index (χ4v) is 2.29. The summed E-state index contributed by atoms with van der Waals surface area (Å²) in [5.41, 5.74) is 10.3. The maximum absolute atomic E-state index is 12.8. The number of alkyl halides is 3. The Morgan fingerprint density at radius 1 is 1.26 bits per heavy atom. The zero-order chi connectivity index (χ0) is 14.6. The van der Waals surface area contributed by atoms with Gasteiger partial charge in [-0.3, -0.25) is 9.59 Å². The molecule has 1 saturated carbocycles. The lowest BCUT2D eigenvalue weighted by Crippen LogP contribution is -2.52. The van der Waals surface area contributed by atoms with E-state index in [0.717, 1.165) is 0 Å². The Bertz CT molecular complexity index is 347. The van der Waals surface area contributed by atoms with Gasteiger partial charge < -0.3 is 16.8 Å². The van der Waals surface area contributed by atoms with E-state index in [1.807, 2.05) is 0 Å². The molecule has 5 nitrogen and oxygen atoms in total. The van der Waals surface area contributed by atoms with Crippen LogP contribution in [0.1, 0.15) is 32.1 Å². The second-order valence-corrected chi connectivity index (χ2v) is 4.82. The van der Waals surface area contributed by atoms with E-state index in [-0.39, 0.29) is 19.3 Å². The molecule has 0 radical (unpaired) electrons. The smallest absolute Gasteiger partial charge is 0.370 e. The Balaban J connectivity index is 2.62. The summed E-state index contributed by atoms with van der Waals surface area (Å²) in [4.78, 5) is 22.2.